The van der Waals surface area contributed by atoms with E-state index >= 15 is 0 Å². The number of pyridine rings is 1. The number of likely N-dealkylation sites (N-methyl/N-ethyl adjacent to an activating group) is 1. The zero-order valence-corrected chi connectivity index (χ0v) is 41.5. The number of amides is 5. The van der Waals surface area contributed by atoms with Crippen molar-refractivity contribution in [3.05, 3.63) is 36.0 Å². The van der Waals surface area contributed by atoms with Crippen LogP contribution >= 0.6 is 0 Å². The van der Waals surface area contributed by atoms with Crippen LogP contribution in [-0.2, 0) is 47.7 Å². The number of carbonyl (C=O) groups excluding carboxylic acids is 7. The lowest BCUT2D eigenvalue weighted by atomic mass is 10.1. The van der Waals surface area contributed by atoms with Gasteiger partial charge in [0.2, 0.25) is 17.7 Å². The van der Waals surface area contributed by atoms with Crippen LogP contribution in [0.1, 0.15) is 117 Å². The van der Waals surface area contributed by atoms with Crippen molar-refractivity contribution < 1.29 is 57.2 Å². The Hall–Kier alpha value is -5.28. The summed E-state index contributed by atoms with van der Waals surface area (Å²) in [4.78, 5) is 88.7. The highest BCUT2D eigenvalue weighted by atomic mass is 16.6. The van der Waals surface area contributed by atoms with Gasteiger partial charge in [0.25, 0.3) is 11.8 Å². The van der Waals surface area contributed by atoms with Crippen molar-refractivity contribution >= 4 is 52.7 Å². The number of ether oxygens (including phenoxy) is 5. The van der Waals surface area contributed by atoms with E-state index in [1.807, 2.05) is 34.6 Å². The van der Waals surface area contributed by atoms with Crippen LogP contribution in [0, 0.1) is 0 Å². The summed E-state index contributed by atoms with van der Waals surface area (Å²) < 4.78 is 27.2. The first-order chi connectivity index (χ1) is 32.7. The Bertz CT molecular complexity index is 1790. The van der Waals surface area contributed by atoms with Crippen molar-refractivity contribution in [2.24, 2.45) is 5.73 Å². The third kappa shape index (κ3) is 30.1. The maximum atomic E-state index is 12.8. The van der Waals surface area contributed by atoms with Gasteiger partial charge in [0.15, 0.2) is 6.61 Å². The molecule has 0 spiro atoms. The normalized spacial score (nSPS) is 12.7. The lowest BCUT2D eigenvalue weighted by Crippen LogP contribution is -2.39. The van der Waals surface area contributed by atoms with E-state index in [-0.39, 0.29) is 75.2 Å². The Morgan fingerprint density at radius 1 is 0.826 bits per heavy atom. The van der Waals surface area contributed by atoms with E-state index in [4.69, 9.17) is 29.4 Å². The summed E-state index contributed by atoms with van der Waals surface area (Å²) in [6, 6.07) is 5.84. The van der Waals surface area contributed by atoms with Crippen molar-refractivity contribution in [1.29, 1.82) is 0 Å². The molecular weight excluding hydrogens is 893 g/mol. The highest BCUT2D eigenvalue weighted by Gasteiger charge is 2.24. The largest absolute Gasteiger partial charge is 0.484 e. The van der Waals surface area contributed by atoms with Crippen molar-refractivity contribution in [1.82, 2.24) is 36.5 Å². The summed E-state index contributed by atoms with van der Waals surface area (Å²) >= 11 is 0. The molecule has 0 bridgehead atoms. The van der Waals surface area contributed by atoms with Gasteiger partial charge in [0.1, 0.15) is 23.7 Å². The van der Waals surface area contributed by atoms with Gasteiger partial charge in [-0.05, 0) is 104 Å². The molecule has 1 saturated heterocycles. The van der Waals surface area contributed by atoms with Gasteiger partial charge in [-0.1, -0.05) is 21.3 Å². The van der Waals surface area contributed by atoms with Crippen LogP contribution in [0.5, 0.6) is 5.75 Å². The Kier molecular flexibility index (Phi) is 35.6. The molecule has 2 aromatic rings. The van der Waals surface area contributed by atoms with Crippen molar-refractivity contribution in [3.8, 4) is 5.75 Å². The number of nitrogens with one attached hydrogen (secondary N) is 5. The maximum Gasteiger partial charge on any atom is 0.323 e. The highest BCUT2D eigenvalue weighted by Crippen LogP contribution is 2.22. The van der Waals surface area contributed by atoms with Crippen molar-refractivity contribution in [2.75, 3.05) is 92.6 Å². The van der Waals surface area contributed by atoms with Gasteiger partial charge >= 0.3 is 5.97 Å². The van der Waals surface area contributed by atoms with Gasteiger partial charge < -0.3 is 65.7 Å². The number of nitrogens with two attached hydrogens (primary N) is 1. The fraction of sp³-hybridized carbons (Fsp3) is 0.673. The molecular formula is C49H84N8O12. The zero-order valence-electron chi connectivity index (χ0n) is 41.5. The smallest absolute Gasteiger partial charge is 0.323 e. The van der Waals surface area contributed by atoms with E-state index in [9.17, 15) is 33.6 Å². The Morgan fingerprint density at radius 2 is 1.48 bits per heavy atom. The molecule has 1 aliphatic heterocycles. The first kappa shape index (κ1) is 63.7. The van der Waals surface area contributed by atoms with Gasteiger partial charge in [0.05, 0.1) is 63.3 Å². The van der Waals surface area contributed by atoms with Gasteiger partial charge in [0, 0.05) is 57.2 Å². The van der Waals surface area contributed by atoms with Gasteiger partial charge in [-0.2, -0.15) is 0 Å². The Morgan fingerprint density at radius 3 is 2.10 bits per heavy atom. The first-order valence-electron chi connectivity index (χ1n) is 23.8. The molecule has 0 aliphatic carbocycles. The minimum atomic E-state index is -0.495. The molecule has 1 fully saturated rings. The second kappa shape index (κ2) is 38.6. The minimum Gasteiger partial charge on any atom is -0.484 e. The number of benzene rings is 1. The molecule has 1 aliphatic rings. The molecule has 2 atom stereocenters. The minimum absolute atomic E-state index is 0. The van der Waals surface area contributed by atoms with Crippen LogP contribution in [0.15, 0.2) is 30.5 Å². The molecule has 7 N–H and O–H groups in total. The van der Waals surface area contributed by atoms with E-state index in [0.717, 1.165) is 57.9 Å². The topological polar surface area (TPSA) is 268 Å². The van der Waals surface area contributed by atoms with Crippen LogP contribution in [-0.4, -0.2) is 162 Å². The van der Waals surface area contributed by atoms with Crippen LogP contribution in [0.25, 0.3) is 10.9 Å². The summed E-state index contributed by atoms with van der Waals surface area (Å²) in [5.41, 5.74) is 5.91. The number of carbonyl (C=O) groups is 7. The van der Waals surface area contributed by atoms with E-state index in [2.05, 4.69) is 31.6 Å². The highest BCUT2D eigenvalue weighted by molar-refractivity contribution is 6.07. The molecule has 392 valence electrons. The van der Waals surface area contributed by atoms with E-state index in [1.165, 1.54) is 13.1 Å². The quantitative estimate of drug-likeness (QED) is 0.0360. The molecule has 1 aromatic carbocycles. The molecule has 5 amide bonds. The predicted octanol–water partition coefficient (Wildman–Crippen LogP) is 3.22. The van der Waals surface area contributed by atoms with Crippen LogP contribution in [0.3, 0.4) is 0 Å². The van der Waals surface area contributed by atoms with E-state index in [1.54, 1.807) is 36.2 Å². The van der Waals surface area contributed by atoms with Crippen LogP contribution in [0.4, 0.5) is 0 Å². The summed E-state index contributed by atoms with van der Waals surface area (Å²) in [6.07, 6.45) is 8.99. The van der Waals surface area contributed by atoms with E-state index in [0.29, 0.717) is 87.7 Å². The van der Waals surface area contributed by atoms with E-state index < -0.39 is 11.6 Å². The number of hydrogen-bond acceptors (Lipinski definition) is 15. The number of aldehydes is 1. The molecule has 1 aromatic heterocycles. The summed E-state index contributed by atoms with van der Waals surface area (Å²) in [5, 5.41) is 14.4. The molecule has 3 rings (SSSR count). The second-order valence-electron chi connectivity index (χ2n) is 16.5. The summed E-state index contributed by atoms with van der Waals surface area (Å²) in [6.45, 7) is 15.6. The number of rotatable bonds is 31. The number of likely N-dealkylation sites (tertiary alicyclic amines) is 1. The molecule has 20 nitrogen and oxygen atoms in total. The number of fused-ring (bicyclic) bond motifs is 1. The Labute approximate surface area is 409 Å². The number of nitrogens with zero attached hydrogens (tertiary/aromatic N) is 2. The molecule has 0 radical (unpaired) electrons. The lowest BCUT2D eigenvalue weighted by molar-refractivity contribution is -0.157. The SMILES string of the molecule is C.CC.CNC(CCCCNC(C)=O)C(=O)OC(C)(C)C.NCCCCC(C=O)NC(=O)CCOCCOCCOCCNC(=O)COc1ccc2c(C(=O)NCC(=O)N3CCCC3)ccnc2c1. The van der Waals surface area contributed by atoms with Crippen LogP contribution < -0.4 is 37.1 Å². The summed E-state index contributed by atoms with van der Waals surface area (Å²) in [7, 11) is 1.75. The van der Waals surface area contributed by atoms with Crippen molar-refractivity contribution in [2.45, 2.75) is 124 Å². The molecule has 0 saturated carbocycles. The molecule has 69 heavy (non-hydrogen) atoms. The fourth-order valence-electron chi connectivity index (χ4n) is 6.37. The van der Waals surface area contributed by atoms with Gasteiger partial charge in [-0.25, -0.2) is 0 Å². The first-order valence-corrected chi connectivity index (χ1v) is 23.8. The van der Waals surface area contributed by atoms with Gasteiger partial charge in [-0.3, -0.25) is 33.8 Å². The second-order valence-corrected chi connectivity index (χ2v) is 16.5. The average molecular weight is 977 g/mol. The molecule has 20 heteroatoms. The lowest BCUT2D eigenvalue weighted by Gasteiger charge is -2.23. The molecule has 2 heterocycles. The summed E-state index contributed by atoms with van der Waals surface area (Å²) in [5.74, 6) is -0.827. The zero-order chi connectivity index (χ0) is 50.6. The molecule has 2 unspecified atom stereocenters. The predicted molar refractivity (Wildman–Crippen MR) is 266 cm³/mol. The number of unbranched alkanes of at least 4 members (excludes halogenated alkanes) is 2. The third-order valence-corrected chi connectivity index (χ3v) is 9.79. The number of hydrogen-bond donors (Lipinski definition) is 6. The number of aromatic nitrogens is 1. The van der Waals surface area contributed by atoms with Crippen molar-refractivity contribution in [3.63, 3.8) is 0 Å². The average Bonchev–Trinajstić information content (AvgIpc) is 3.87. The fourth-order valence-corrected chi connectivity index (χ4v) is 6.37. The standard InChI is InChI=1S/C33H48N6O9.C13H26N2O3.C2H6.CH4/c34-10-2-1-5-25(23-40)38-30(41)9-15-45-17-19-47-20-18-46-16-12-36-31(42)24-48-26-6-7-27-28(8-11-35-29(27)21-26)33(44)37-22-32(43)39-13-3-4-14-39;1-10(16)15-9-7-6-8-11(14-5)12(17)18-13(2,3)4;1-2;/h6-8,11,21,23,25H,1-5,9-10,12-20,22,24,34H2,(H,36,42)(H,37,44)(H,38,41);11,14H,6-9H2,1-5H3,(H,15,16);1-2H3;1H4. The third-order valence-electron chi connectivity index (χ3n) is 9.79. The van der Waals surface area contributed by atoms with Crippen LogP contribution in [0.2, 0.25) is 0 Å². The monoisotopic (exact) mass is 977 g/mol. The number of esters is 1. The Balaban J connectivity index is 0.00000186. The maximum absolute atomic E-state index is 12.8. The van der Waals surface area contributed by atoms with Gasteiger partial charge in [-0.15, -0.1) is 0 Å².